The summed E-state index contributed by atoms with van der Waals surface area (Å²) in [5.74, 6) is -0.633. The first-order valence-corrected chi connectivity index (χ1v) is 9.66. The Morgan fingerprint density at radius 1 is 1.18 bits per heavy atom. The van der Waals surface area contributed by atoms with Crippen molar-refractivity contribution in [1.82, 2.24) is 9.88 Å². The highest BCUT2D eigenvalue weighted by Gasteiger charge is 2.26. The Kier molecular flexibility index (Phi) is 4.86. The van der Waals surface area contributed by atoms with Crippen LogP contribution < -0.4 is 4.90 Å². The number of piperazine rings is 1. The van der Waals surface area contributed by atoms with E-state index < -0.39 is 4.92 Å². The minimum atomic E-state index is -0.555. The van der Waals surface area contributed by atoms with Gasteiger partial charge >= 0.3 is 0 Å². The number of nitrogens with zero attached hydrogens (tertiary/aromatic N) is 4. The molecule has 1 aliphatic heterocycles. The number of carbonyl (C=O) groups excluding carboxylic acids is 1. The summed E-state index contributed by atoms with van der Waals surface area (Å²) in [5, 5.41) is 11.9. The van der Waals surface area contributed by atoms with Gasteiger partial charge in [-0.2, -0.15) is 0 Å². The van der Waals surface area contributed by atoms with E-state index >= 15 is 0 Å². The number of fused-ring (bicyclic) bond motifs is 1. The van der Waals surface area contributed by atoms with Crippen LogP contribution in [0.5, 0.6) is 0 Å². The molecule has 7 nitrogen and oxygen atoms in total. The Bertz CT molecular complexity index is 1080. The maximum atomic E-state index is 13.4. The zero-order valence-corrected chi connectivity index (χ0v) is 16.0. The number of halogens is 2. The van der Waals surface area contributed by atoms with Gasteiger partial charge in [-0.05, 0) is 24.3 Å². The Hall–Kier alpha value is -2.78. The Balaban J connectivity index is 1.48. The van der Waals surface area contributed by atoms with Crippen LogP contribution in [0.25, 0.3) is 10.2 Å². The lowest BCUT2D eigenvalue weighted by Crippen LogP contribution is -2.48. The first kappa shape index (κ1) is 18.6. The van der Waals surface area contributed by atoms with Gasteiger partial charge < -0.3 is 9.80 Å². The van der Waals surface area contributed by atoms with Crippen molar-refractivity contribution < 1.29 is 14.1 Å². The zero-order chi connectivity index (χ0) is 19.8. The highest BCUT2D eigenvalue weighted by Crippen LogP contribution is 2.30. The van der Waals surface area contributed by atoms with Crippen LogP contribution in [0.3, 0.4) is 0 Å². The van der Waals surface area contributed by atoms with Gasteiger partial charge in [0.1, 0.15) is 5.82 Å². The number of benzene rings is 2. The molecule has 4 rings (SSSR count). The fourth-order valence-corrected chi connectivity index (χ4v) is 4.32. The van der Waals surface area contributed by atoms with Crippen LogP contribution in [0.1, 0.15) is 10.4 Å². The van der Waals surface area contributed by atoms with Gasteiger partial charge in [0.25, 0.3) is 11.6 Å². The minimum absolute atomic E-state index is 0.125. The van der Waals surface area contributed by atoms with Gasteiger partial charge in [-0.25, -0.2) is 9.37 Å². The third kappa shape index (κ3) is 3.50. The number of hydrogen-bond acceptors (Lipinski definition) is 6. The predicted octanol–water partition coefficient (Wildman–Crippen LogP) is 3.96. The molecular formula is C18H14ClFN4O3S. The van der Waals surface area contributed by atoms with Crippen molar-refractivity contribution in [2.75, 3.05) is 31.1 Å². The van der Waals surface area contributed by atoms with Crippen molar-refractivity contribution in [3.05, 3.63) is 62.9 Å². The average molecular weight is 421 g/mol. The van der Waals surface area contributed by atoms with Crippen molar-refractivity contribution in [3.63, 3.8) is 0 Å². The monoisotopic (exact) mass is 420 g/mol. The Morgan fingerprint density at radius 2 is 1.93 bits per heavy atom. The summed E-state index contributed by atoms with van der Waals surface area (Å²) >= 11 is 7.48. The summed E-state index contributed by atoms with van der Waals surface area (Å²) in [6, 6.07) is 8.33. The number of carbonyl (C=O) groups is 1. The standard InChI is InChI=1S/C18H14ClFN4O3S/c19-14-3-2-12(24(26)27)10-13(14)17(25)22-5-7-23(8-6-22)18-21-15-4-1-11(20)9-16(15)28-18/h1-4,9-10H,5-8H2. The highest BCUT2D eigenvalue weighted by atomic mass is 35.5. The lowest BCUT2D eigenvalue weighted by atomic mass is 10.1. The summed E-state index contributed by atoms with van der Waals surface area (Å²) in [4.78, 5) is 31.4. The molecular weight excluding hydrogens is 407 g/mol. The molecule has 1 amide bonds. The molecule has 2 heterocycles. The second-order valence-electron chi connectivity index (χ2n) is 6.31. The van der Waals surface area contributed by atoms with Gasteiger partial charge in [0.15, 0.2) is 5.13 Å². The number of nitro benzene ring substituents is 1. The fraction of sp³-hybridized carbons (Fsp3) is 0.222. The van der Waals surface area contributed by atoms with Crippen molar-refractivity contribution >= 4 is 49.9 Å². The molecule has 0 saturated carbocycles. The van der Waals surface area contributed by atoms with Crippen LogP contribution >= 0.6 is 22.9 Å². The zero-order valence-electron chi connectivity index (χ0n) is 14.5. The van der Waals surface area contributed by atoms with Crippen molar-refractivity contribution in [3.8, 4) is 0 Å². The van der Waals surface area contributed by atoms with Crippen LogP contribution in [0.4, 0.5) is 15.2 Å². The van der Waals surface area contributed by atoms with Gasteiger partial charge in [0.2, 0.25) is 0 Å². The van der Waals surface area contributed by atoms with Gasteiger partial charge in [-0.1, -0.05) is 22.9 Å². The number of aromatic nitrogens is 1. The average Bonchev–Trinajstić information content (AvgIpc) is 3.11. The van der Waals surface area contributed by atoms with E-state index in [1.54, 1.807) is 11.0 Å². The maximum absolute atomic E-state index is 13.4. The van der Waals surface area contributed by atoms with E-state index in [9.17, 15) is 19.3 Å². The van der Waals surface area contributed by atoms with Crippen LogP contribution in [0.15, 0.2) is 36.4 Å². The molecule has 0 radical (unpaired) electrons. The Morgan fingerprint density at radius 3 is 2.64 bits per heavy atom. The van der Waals surface area contributed by atoms with E-state index in [0.29, 0.717) is 26.2 Å². The normalized spacial score (nSPS) is 14.5. The lowest BCUT2D eigenvalue weighted by molar-refractivity contribution is -0.384. The van der Waals surface area contributed by atoms with Gasteiger partial charge in [-0.3, -0.25) is 14.9 Å². The van der Waals surface area contributed by atoms with Gasteiger partial charge in [0, 0.05) is 38.3 Å². The van der Waals surface area contributed by atoms with E-state index in [0.717, 1.165) is 15.3 Å². The van der Waals surface area contributed by atoms with Crippen LogP contribution in [0, 0.1) is 15.9 Å². The topological polar surface area (TPSA) is 79.6 Å². The molecule has 144 valence electrons. The molecule has 0 N–H and O–H groups in total. The molecule has 1 fully saturated rings. The molecule has 0 unspecified atom stereocenters. The van der Waals surface area contributed by atoms with Gasteiger partial charge in [-0.15, -0.1) is 0 Å². The highest BCUT2D eigenvalue weighted by molar-refractivity contribution is 7.22. The third-order valence-electron chi connectivity index (χ3n) is 4.57. The molecule has 0 spiro atoms. The van der Waals surface area contributed by atoms with E-state index in [2.05, 4.69) is 4.98 Å². The summed E-state index contributed by atoms with van der Waals surface area (Å²) < 4.78 is 14.1. The lowest BCUT2D eigenvalue weighted by Gasteiger charge is -2.34. The molecule has 0 bridgehead atoms. The van der Waals surface area contributed by atoms with Crippen LogP contribution in [-0.2, 0) is 0 Å². The number of hydrogen-bond donors (Lipinski definition) is 0. The van der Waals surface area contributed by atoms with Crippen molar-refractivity contribution in [1.29, 1.82) is 0 Å². The number of nitro groups is 1. The summed E-state index contributed by atoms with van der Waals surface area (Å²) in [6.07, 6.45) is 0. The van der Waals surface area contributed by atoms with Crippen LogP contribution in [0.2, 0.25) is 5.02 Å². The SMILES string of the molecule is O=C(c1cc([N+](=O)[O-])ccc1Cl)N1CCN(c2nc3ccc(F)cc3s2)CC1. The molecule has 3 aromatic rings. The minimum Gasteiger partial charge on any atom is -0.345 e. The molecule has 1 saturated heterocycles. The van der Waals surface area contributed by atoms with E-state index in [1.165, 1.54) is 41.7 Å². The quantitative estimate of drug-likeness (QED) is 0.473. The smallest absolute Gasteiger partial charge is 0.270 e. The summed E-state index contributed by atoms with van der Waals surface area (Å²) in [6.45, 7) is 1.98. The van der Waals surface area contributed by atoms with Gasteiger partial charge in [0.05, 0.1) is 25.7 Å². The maximum Gasteiger partial charge on any atom is 0.270 e. The van der Waals surface area contributed by atoms with E-state index in [-0.39, 0.29) is 28.0 Å². The predicted molar refractivity (Wildman–Crippen MR) is 106 cm³/mol. The Labute approximate surface area is 168 Å². The van der Waals surface area contributed by atoms with Crippen molar-refractivity contribution in [2.45, 2.75) is 0 Å². The van der Waals surface area contributed by atoms with Crippen LogP contribution in [-0.4, -0.2) is 46.9 Å². The molecule has 28 heavy (non-hydrogen) atoms. The third-order valence-corrected chi connectivity index (χ3v) is 5.98. The molecule has 1 aromatic heterocycles. The first-order valence-electron chi connectivity index (χ1n) is 8.46. The second-order valence-corrected chi connectivity index (χ2v) is 7.73. The number of amides is 1. The van der Waals surface area contributed by atoms with Crippen molar-refractivity contribution in [2.24, 2.45) is 0 Å². The largest absolute Gasteiger partial charge is 0.345 e. The summed E-state index contributed by atoms with van der Waals surface area (Å²) in [5.41, 5.74) is 0.691. The number of thiazole rings is 1. The second kappa shape index (κ2) is 7.33. The molecule has 0 atom stereocenters. The van der Waals surface area contributed by atoms with E-state index in [1.807, 2.05) is 4.90 Å². The molecule has 0 aliphatic carbocycles. The molecule has 10 heteroatoms. The molecule has 1 aliphatic rings. The summed E-state index contributed by atoms with van der Waals surface area (Å²) in [7, 11) is 0. The molecule has 2 aromatic carbocycles. The number of anilines is 1. The van der Waals surface area contributed by atoms with E-state index in [4.69, 9.17) is 11.6 Å². The number of rotatable bonds is 3. The fourth-order valence-electron chi connectivity index (χ4n) is 3.08. The number of non-ortho nitro benzene ring substituents is 1. The first-order chi connectivity index (χ1) is 13.4.